The third-order valence-corrected chi connectivity index (χ3v) is 6.52. The Kier molecular flexibility index (Phi) is 11.3. The summed E-state index contributed by atoms with van der Waals surface area (Å²) < 4.78 is 24.8. The van der Waals surface area contributed by atoms with Gasteiger partial charge < -0.3 is 15.5 Å². The molecular formula is C18H37N5O3S. The van der Waals surface area contributed by atoms with Gasteiger partial charge in [0.25, 0.3) is 0 Å². The molecule has 1 fully saturated rings. The summed E-state index contributed by atoms with van der Waals surface area (Å²) in [6, 6.07) is 0. The quantitative estimate of drug-likeness (QED) is 0.305. The smallest absolute Gasteiger partial charge is 0.222 e. The van der Waals surface area contributed by atoms with Crippen molar-refractivity contribution in [3.63, 3.8) is 0 Å². The van der Waals surface area contributed by atoms with E-state index in [9.17, 15) is 13.2 Å². The van der Waals surface area contributed by atoms with Crippen LogP contribution in [-0.4, -0.2) is 81.6 Å². The van der Waals surface area contributed by atoms with Crippen LogP contribution >= 0.6 is 0 Å². The van der Waals surface area contributed by atoms with Crippen LogP contribution in [0.25, 0.3) is 0 Å². The van der Waals surface area contributed by atoms with Crippen molar-refractivity contribution in [1.82, 2.24) is 19.8 Å². The van der Waals surface area contributed by atoms with Crippen LogP contribution < -0.4 is 10.6 Å². The molecule has 0 saturated carbocycles. The monoisotopic (exact) mass is 403 g/mol. The summed E-state index contributed by atoms with van der Waals surface area (Å²) in [5.74, 6) is 1.13. The Morgan fingerprint density at radius 3 is 2.67 bits per heavy atom. The Labute approximate surface area is 164 Å². The van der Waals surface area contributed by atoms with Gasteiger partial charge in [-0.25, -0.2) is 12.7 Å². The second-order valence-corrected chi connectivity index (χ2v) is 9.17. The maximum atomic E-state index is 12.0. The van der Waals surface area contributed by atoms with Gasteiger partial charge in [0, 0.05) is 52.7 Å². The lowest BCUT2D eigenvalue weighted by Gasteiger charge is -2.20. The molecule has 27 heavy (non-hydrogen) atoms. The summed E-state index contributed by atoms with van der Waals surface area (Å²) in [5, 5.41) is 6.44. The lowest BCUT2D eigenvalue weighted by molar-refractivity contribution is -0.130. The van der Waals surface area contributed by atoms with Gasteiger partial charge in [0.15, 0.2) is 5.96 Å². The van der Waals surface area contributed by atoms with Crippen LogP contribution in [0, 0.1) is 0 Å². The lowest BCUT2D eigenvalue weighted by atomic mass is 10.2. The minimum atomic E-state index is -3.12. The number of hydrogen-bond donors (Lipinski definition) is 2. The third kappa shape index (κ3) is 9.41. The molecule has 0 aliphatic carbocycles. The minimum Gasteiger partial charge on any atom is -0.357 e. The van der Waals surface area contributed by atoms with Crippen LogP contribution in [0.15, 0.2) is 4.99 Å². The van der Waals surface area contributed by atoms with Crippen LogP contribution in [0.3, 0.4) is 0 Å². The van der Waals surface area contributed by atoms with E-state index in [1.807, 2.05) is 11.8 Å². The number of guanidine groups is 1. The standard InChI is InChI=1S/C18H37N5O3S/c1-4-19-18(20-12-9-14-22(3)27(25,26)5-2)21-13-10-16-23-15-8-6-7-11-17(23)24/h4-16H2,1-3H3,(H2,19,20,21). The maximum Gasteiger partial charge on any atom is 0.222 e. The predicted molar refractivity (Wildman–Crippen MR) is 110 cm³/mol. The van der Waals surface area contributed by atoms with Gasteiger partial charge in [-0.05, 0) is 39.5 Å². The van der Waals surface area contributed by atoms with Crippen molar-refractivity contribution >= 4 is 21.9 Å². The van der Waals surface area contributed by atoms with Gasteiger partial charge in [0.1, 0.15) is 0 Å². The van der Waals surface area contributed by atoms with Crippen LogP contribution in [0.5, 0.6) is 0 Å². The zero-order valence-corrected chi connectivity index (χ0v) is 18.0. The summed E-state index contributed by atoms with van der Waals surface area (Å²) >= 11 is 0. The van der Waals surface area contributed by atoms with E-state index < -0.39 is 10.0 Å². The fourth-order valence-corrected chi connectivity index (χ4v) is 3.79. The molecule has 1 heterocycles. The number of carbonyl (C=O) groups is 1. The number of sulfonamides is 1. The molecule has 1 aliphatic heterocycles. The SMILES string of the molecule is CCNC(=NCCCN1CCCCCC1=O)NCCCN(C)S(=O)(=O)CC. The summed E-state index contributed by atoms with van der Waals surface area (Å²) in [7, 11) is -1.50. The first kappa shape index (κ1) is 23.7. The molecule has 0 unspecified atom stereocenters. The Morgan fingerprint density at radius 2 is 1.96 bits per heavy atom. The van der Waals surface area contributed by atoms with Gasteiger partial charge in [0.2, 0.25) is 15.9 Å². The van der Waals surface area contributed by atoms with E-state index in [-0.39, 0.29) is 11.7 Å². The first-order valence-corrected chi connectivity index (χ1v) is 11.8. The fraction of sp³-hybridized carbons (Fsp3) is 0.889. The summed E-state index contributed by atoms with van der Waals surface area (Å²) in [6.07, 6.45) is 5.49. The van der Waals surface area contributed by atoms with Crippen molar-refractivity contribution in [2.24, 2.45) is 4.99 Å². The Hall–Kier alpha value is -1.35. The van der Waals surface area contributed by atoms with Gasteiger partial charge in [-0.15, -0.1) is 0 Å². The molecule has 1 saturated heterocycles. The molecule has 0 atom stereocenters. The van der Waals surface area contributed by atoms with Crippen molar-refractivity contribution in [3.05, 3.63) is 0 Å². The second-order valence-electron chi connectivity index (χ2n) is 6.81. The molecule has 0 radical (unpaired) electrons. The van der Waals surface area contributed by atoms with Crippen molar-refractivity contribution in [1.29, 1.82) is 0 Å². The van der Waals surface area contributed by atoms with Crippen LogP contribution in [0.2, 0.25) is 0 Å². The summed E-state index contributed by atoms with van der Waals surface area (Å²) in [5.41, 5.74) is 0. The number of carbonyl (C=O) groups excluding carboxylic acids is 1. The normalized spacial score (nSPS) is 16.5. The van der Waals surface area contributed by atoms with Gasteiger partial charge >= 0.3 is 0 Å². The topological polar surface area (TPSA) is 94.1 Å². The van der Waals surface area contributed by atoms with Crippen molar-refractivity contribution in [2.75, 3.05) is 52.1 Å². The largest absolute Gasteiger partial charge is 0.357 e. The predicted octanol–water partition coefficient (Wildman–Crippen LogP) is 1.01. The summed E-state index contributed by atoms with van der Waals surface area (Å²) in [4.78, 5) is 18.5. The molecule has 1 aliphatic rings. The third-order valence-electron chi connectivity index (χ3n) is 4.65. The van der Waals surface area contributed by atoms with E-state index in [1.165, 1.54) is 4.31 Å². The number of amides is 1. The van der Waals surface area contributed by atoms with E-state index in [0.717, 1.165) is 51.3 Å². The highest BCUT2D eigenvalue weighted by Crippen LogP contribution is 2.11. The van der Waals surface area contributed by atoms with Crippen LogP contribution in [-0.2, 0) is 14.8 Å². The molecule has 0 aromatic carbocycles. The van der Waals surface area contributed by atoms with Crippen molar-refractivity contribution in [3.8, 4) is 0 Å². The molecule has 158 valence electrons. The summed E-state index contributed by atoms with van der Waals surface area (Å²) in [6.45, 7) is 7.85. The zero-order valence-electron chi connectivity index (χ0n) is 17.2. The molecule has 1 rings (SSSR count). The van der Waals surface area contributed by atoms with E-state index in [0.29, 0.717) is 32.5 Å². The Morgan fingerprint density at radius 1 is 1.19 bits per heavy atom. The average Bonchev–Trinajstić information content (AvgIpc) is 2.86. The molecule has 1 amide bonds. The first-order valence-electron chi connectivity index (χ1n) is 10.1. The maximum absolute atomic E-state index is 12.0. The van der Waals surface area contributed by atoms with Gasteiger partial charge in [-0.1, -0.05) is 6.42 Å². The highest BCUT2D eigenvalue weighted by molar-refractivity contribution is 7.89. The fourth-order valence-electron chi connectivity index (χ4n) is 2.94. The molecule has 8 nitrogen and oxygen atoms in total. The van der Waals surface area contributed by atoms with E-state index in [1.54, 1.807) is 14.0 Å². The molecule has 9 heteroatoms. The lowest BCUT2D eigenvalue weighted by Crippen LogP contribution is -2.39. The number of nitrogens with one attached hydrogen (secondary N) is 2. The van der Waals surface area contributed by atoms with Gasteiger partial charge in [-0.2, -0.15) is 0 Å². The molecule has 0 bridgehead atoms. The number of hydrogen-bond acceptors (Lipinski definition) is 4. The molecule has 0 aromatic heterocycles. The minimum absolute atomic E-state index is 0.126. The van der Waals surface area contributed by atoms with Gasteiger partial charge in [-0.3, -0.25) is 9.79 Å². The first-order chi connectivity index (χ1) is 12.9. The molecule has 2 N–H and O–H groups in total. The van der Waals surface area contributed by atoms with Crippen molar-refractivity contribution in [2.45, 2.75) is 52.4 Å². The molecule has 0 spiro atoms. The highest BCUT2D eigenvalue weighted by Gasteiger charge is 2.16. The molecular weight excluding hydrogens is 366 g/mol. The second kappa shape index (κ2) is 12.9. The average molecular weight is 404 g/mol. The molecule has 0 aromatic rings. The zero-order chi connectivity index (χ0) is 20.1. The Balaban J connectivity index is 2.31. The number of nitrogens with zero attached hydrogens (tertiary/aromatic N) is 3. The van der Waals surface area contributed by atoms with Gasteiger partial charge in [0.05, 0.1) is 5.75 Å². The number of aliphatic imine (C=N–C) groups is 1. The van der Waals surface area contributed by atoms with Crippen LogP contribution in [0.1, 0.15) is 52.4 Å². The number of rotatable bonds is 11. The highest BCUT2D eigenvalue weighted by atomic mass is 32.2. The van der Waals surface area contributed by atoms with E-state index in [4.69, 9.17) is 0 Å². The van der Waals surface area contributed by atoms with E-state index >= 15 is 0 Å². The van der Waals surface area contributed by atoms with Crippen molar-refractivity contribution < 1.29 is 13.2 Å². The Bertz CT molecular complexity index is 565. The van der Waals surface area contributed by atoms with Crippen LogP contribution in [0.4, 0.5) is 0 Å². The van der Waals surface area contributed by atoms with E-state index in [2.05, 4.69) is 15.6 Å². The number of likely N-dealkylation sites (tertiary alicyclic amines) is 1.